The molecule has 100 valence electrons. The summed E-state index contributed by atoms with van der Waals surface area (Å²) in [6, 6.07) is 0. The number of unbranched alkanes of at least 4 members (excludes halogenated alkanes) is 1. The summed E-state index contributed by atoms with van der Waals surface area (Å²) >= 11 is 0. The van der Waals surface area contributed by atoms with Crippen molar-refractivity contribution < 1.29 is 8.42 Å². The van der Waals surface area contributed by atoms with E-state index in [4.69, 9.17) is 0 Å². The van der Waals surface area contributed by atoms with Crippen LogP contribution >= 0.6 is 0 Å². The van der Waals surface area contributed by atoms with Crippen molar-refractivity contribution in [2.45, 2.75) is 19.8 Å². The smallest absolute Gasteiger partial charge is 0.214 e. The van der Waals surface area contributed by atoms with Crippen LogP contribution in [0.2, 0.25) is 0 Å². The zero-order chi connectivity index (χ0) is 13.1. The van der Waals surface area contributed by atoms with Crippen molar-refractivity contribution in [3.8, 4) is 0 Å². The number of hydrogen-bond acceptors (Lipinski definition) is 3. The summed E-state index contributed by atoms with van der Waals surface area (Å²) in [6.45, 7) is 11.7. The molecule has 1 N–H and O–H groups in total. The molecule has 0 aromatic heterocycles. The molecule has 0 aliphatic carbocycles. The second-order valence-corrected chi connectivity index (χ2v) is 5.86. The van der Waals surface area contributed by atoms with Gasteiger partial charge in [0.2, 0.25) is 10.0 Å². The van der Waals surface area contributed by atoms with E-state index in [1.807, 2.05) is 6.92 Å². The van der Waals surface area contributed by atoms with Crippen molar-refractivity contribution in [2.24, 2.45) is 0 Å². The Kier molecular flexibility index (Phi) is 9.03. The van der Waals surface area contributed by atoms with Crippen molar-refractivity contribution in [2.75, 3.05) is 31.9 Å². The summed E-state index contributed by atoms with van der Waals surface area (Å²) in [6.07, 6.45) is 4.75. The Balaban J connectivity index is 4.13. The van der Waals surface area contributed by atoms with Gasteiger partial charge in [0, 0.05) is 13.1 Å². The van der Waals surface area contributed by atoms with Gasteiger partial charge >= 0.3 is 0 Å². The molecule has 0 saturated carbocycles. The largest absolute Gasteiger partial charge is 0.317 e. The average molecular weight is 260 g/mol. The lowest BCUT2D eigenvalue weighted by atomic mass is 10.3. The number of rotatable bonds is 11. The first-order valence-corrected chi connectivity index (χ1v) is 7.59. The van der Waals surface area contributed by atoms with Gasteiger partial charge in [-0.25, -0.2) is 8.42 Å². The lowest BCUT2D eigenvalue weighted by molar-refractivity contribution is 0.471. The monoisotopic (exact) mass is 260 g/mol. The van der Waals surface area contributed by atoms with Gasteiger partial charge in [0.1, 0.15) is 0 Å². The number of sulfonamides is 1. The molecule has 17 heavy (non-hydrogen) atoms. The Hall–Kier alpha value is -0.650. The summed E-state index contributed by atoms with van der Waals surface area (Å²) in [7, 11) is -3.17. The molecule has 0 heterocycles. The van der Waals surface area contributed by atoms with Gasteiger partial charge in [-0.1, -0.05) is 19.1 Å². The molecule has 0 fully saturated rings. The summed E-state index contributed by atoms with van der Waals surface area (Å²) in [5.74, 6) is 0.195. The van der Waals surface area contributed by atoms with Crippen LogP contribution in [0.1, 0.15) is 19.8 Å². The quantitative estimate of drug-likeness (QED) is 0.451. The maximum Gasteiger partial charge on any atom is 0.214 e. The molecule has 0 saturated heterocycles. The van der Waals surface area contributed by atoms with Gasteiger partial charge in [-0.15, -0.1) is 13.2 Å². The first-order valence-electron chi connectivity index (χ1n) is 5.98. The Bertz CT molecular complexity index is 302. The first kappa shape index (κ1) is 16.4. The summed E-state index contributed by atoms with van der Waals surface area (Å²) in [4.78, 5) is 0. The molecule has 0 spiro atoms. The van der Waals surface area contributed by atoms with Crippen molar-refractivity contribution in [3.63, 3.8) is 0 Å². The van der Waals surface area contributed by atoms with Crippen LogP contribution in [0, 0.1) is 0 Å². The fourth-order valence-corrected chi connectivity index (χ4v) is 2.92. The maximum atomic E-state index is 12.0. The standard InChI is InChI=1S/C12H24N2O2S/c1-4-10-14(11-5-2)17(15,16)12-8-7-9-13-6-3/h4-5,13H,1-2,6-12H2,3H3. The third kappa shape index (κ3) is 7.31. The van der Waals surface area contributed by atoms with E-state index in [9.17, 15) is 8.42 Å². The third-order valence-corrected chi connectivity index (χ3v) is 4.20. The number of hydrogen-bond donors (Lipinski definition) is 1. The summed E-state index contributed by atoms with van der Waals surface area (Å²) in [5.41, 5.74) is 0. The van der Waals surface area contributed by atoms with Crippen molar-refractivity contribution in [1.82, 2.24) is 9.62 Å². The lowest BCUT2D eigenvalue weighted by Crippen LogP contribution is -2.33. The molecule has 4 nitrogen and oxygen atoms in total. The molecule has 0 aromatic rings. The highest BCUT2D eigenvalue weighted by molar-refractivity contribution is 7.89. The van der Waals surface area contributed by atoms with E-state index >= 15 is 0 Å². The van der Waals surface area contributed by atoms with E-state index < -0.39 is 10.0 Å². The molecule has 0 unspecified atom stereocenters. The summed E-state index contributed by atoms with van der Waals surface area (Å²) in [5, 5.41) is 3.17. The van der Waals surface area contributed by atoms with Crippen LogP contribution in [-0.2, 0) is 10.0 Å². The van der Waals surface area contributed by atoms with Crippen LogP contribution in [0.3, 0.4) is 0 Å². The minimum Gasteiger partial charge on any atom is -0.317 e. The van der Waals surface area contributed by atoms with Crippen LogP contribution in [0.4, 0.5) is 0 Å². The molecule has 0 aliphatic rings. The molecule has 0 radical (unpaired) electrons. The Morgan fingerprint density at radius 1 is 1.18 bits per heavy atom. The van der Waals surface area contributed by atoms with Crippen LogP contribution in [0.25, 0.3) is 0 Å². The van der Waals surface area contributed by atoms with Crippen LogP contribution < -0.4 is 5.32 Å². The Labute approximate surface area is 105 Å². The van der Waals surface area contributed by atoms with E-state index in [2.05, 4.69) is 18.5 Å². The molecule has 0 aromatic carbocycles. The fourth-order valence-electron chi connectivity index (χ4n) is 1.43. The van der Waals surface area contributed by atoms with E-state index in [0.717, 1.165) is 19.5 Å². The van der Waals surface area contributed by atoms with E-state index in [-0.39, 0.29) is 5.75 Å². The minimum atomic E-state index is -3.17. The highest BCUT2D eigenvalue weighted by atomic mass is 32.2. The minimum absolute atomic E-state index is 0.195. The van der Waals surface area contributed by atoms with Gasteiger partial charge in [-0.2, -0.15) is 4.31 Å². The van der Waals surface area contributed by atoms with Crippen molar-refractivity contribution in [1.29, 1.82) is 0 Å². The fraction of sp³-hybridized carbons (Fsp3) is 0.667. The zero-order valence-corrected chi connectivity index (χ0v) is 11.5. The first-order chi connectivity index (χ1) is 8.08. The van der Waals surface area contributed by atoms with Gasteiger partial charge in [0.25, 0.3) is 0 Å². The second kappa shape index (κ2) is 9.39. The molecule has 0 aliphatic heterocycles. The van der Waals surface area contributed by atoms with Crippen LogP contribution in [0.15, 0.2) is 25.3 Å². The summed E-state index contributed by atoms with van der Waals surface area (Å²) < 4.78 is 25.3. The van der Waals surface area contributed by atoms with Crippen LogP contribution in [-0.4, -0.2) is 44.7 Å². The van der Waals surface area contributed by atoms with E-state index in [1.54, 1.807) is 12.2 Å². The zero-order valence-electron chi connectivity index (χ0n) is 10.7. The predicted octanol–water partition coefficient (Wildman–Crippen LogP) is 1.38. The average Bonchev–Trinajstić information content (AvgIpc) is 2.28. The molecule has 0 bridgehead atoms. The van der Waals surface area contributed by atoms with E-state index in [0.29, 0.717) is 19.5 Å². The van der Waals surface area contributed by atoms with Gasteiger partial charge in [0.15, 0.2) is 0 Å². The Morgan fingerprint density at radius 3 is 2.24 bits per heavy atom. The number of nitrogens with one attached hydrogen (secondary N) is 1. The van der Waals surface area contributed by atoms with Gasteiger partial charge < -0.3 is 5.32 Å². The predicted molar refractivity (Wildman–Crippen MR) is 73.5 cm³/mol. The van der Waals surface area contributed by atoms with Gasteiger partial charge in [-0.3, -0.25) is 0 Å². The molecular weight excluding hydrogens is 236 g/mol. The molecular formula is C12H24N2O2S. The molecule has 0 rings (SSSR count). The molecule has 5 heteroatoms. The normalized spacial score (nSPS) is 11.6. The SMILES string of the molecule is C=CCN(CC=C)S(=O)(=O)CCCCNCC. The van der Waals surface area contributed by atoms with Crippen molar-refractivity contribution in [3.05, 3.63) is 25.3 Å². The molecule has 0 amide bonds. The van der Waals surface area contributed by atoms with Gasteiger partial charge in [-0.05, 0) is 25.9 Å². The maximum absolute atomic E-state index is 12.0. The second-order valence-electron chi connectivity index (χ2n) is 3.77. The highest BCUT2D eigenvalue weighted by Gasteiger charge is 2.18. The highest BCUT2D eigenvalue weighted by Crippen LogP contribution is 2.05. The van der Waals surface area contributed by atoms with E-state index in [1.165, 1.54) is 4.31 Å². The van der Waals surface area contributed by atoms with Crippen molar-refractivity contribution >= 4 is 10.0 Å². The Morgan fingerprint density at radius 2 is 1.76 bits per heavy atom. The van der Waals surface area contributed by atoms with Crippen LogP contribution in [0.5, 0.6) is 0 Å². The molecule has 0 atom stereocenters. The number of nitrogens with zero attached hydrogens (tertiary/aromatic N) is 1. The third-order valence-electron chi connectivity index (χ3n) is 2.31. The van der Waals surface area contributed by atoms with Gasteiger partial charge in [0.05, 0.1) is 5.75 Å². The lowest BCUT2D eigenvalue weighted by Gasteiger charge is -2.18. The topological polar surface area (TPSA) is 49.4 Å².